The van der Waals surface area contributed by atoms with Crippen LogP contribution in [0.15, 0.2) is 40.6 Å². The van der Waals surface area contributed by atoms with Gasteiger partial charge in [0.25, 0.3) is 0 Å². The van der Waals surface area contributed by atoms with Crippen molar-refractivity contribution in [2.45, 2.75) is 24.6 Å². The molecule has 1 heterocycles. The fourth-order valence-corrected chi connectivity index (χ4v) is 2.92. The Morgan fingerprint density at radius 3 is 2.57 bits per heavy atom. The van der Waals surface area contributed by atoms with Crippen LogP contribution in [0.3, 0.4) is 0 Å². The summed E-state index contributed by atoms with van der Waals surface area (Å²) in [6.45, 7) is 3.72. The van der Waals surface area contributed by atoms with Crippen LogP contribution >= 0.6 is 36.4 Å². The summed E-state index contributed by atoms with van der Waals surface area (Å²) >= 11 is 6.30. The molecule has 1 unspecified atom stereocenters. The zero-order chi connectivity index (χ0) is 13.1. The highest BCUT2D eigenvalue weighted by molar-refractivity contribution is 6.23. The third-order valence-corrected chi connectivity index (χ3v) is 3.99. The van der Waals surface area contributed by atoms with Gasteiger partial charge in [-0.15, -0.1) is 36.4 Å². The number of allylic oxidation sites excluding steroid dienone is 6. The number of oxime groups is 1. The van der Waals surface area contributed by atoms with Crippen LogP contribution in [-0.4, -0.2) is 42.2 Å². The molecule has 1 fully saturated rings. The summed E-state index contributed by atoms with van der Waals surface area (Å²) in [7, 11) is 0. The Hall–Kier alpha value is -0.480. The Morgan fingerprint density at radius 2 is 1.95 bits per heavy atom. The highest BCUT2D eigenvalue weighted by Gasteiger charge is 2.22. The maximum Gasteiger partial charge on any atom is 0.134 e. The van der Waals surface area contributed by atoms with Crippen molar-refractivity contribution >= 4 is 42.1 Å². The molecule has 1 atom stereocenters. The second-order valence-corrected chi connectivity index (χ2v) is 5.89. The van der Waals surface area contributed by atoms with Crippen molar-refractivity contribution in [3.05, 3.63) is 35.5 Å². The third kappa shape index (κ3) is 4.75. The van der Waals surface area contributed by atoms with Crippen molar-refractivity contribution in [2.24, 2.45) is 5.16 Å². The van der Waals surface area contributed by atoms with Gasteiger partial charge >= 0.3 is 0 Å². The fraction of sp³-hybridized carbons (Fsp3) is 0.533. The Balaban J connectivity index is 0.00000110. The number of likely N-dealkylation sites (tertiary alicyclic amines) is 1. The molecular formula is C15H21Cl3N2O. The molecule has 118 valence electrons. The van der Waals surface area contributed by atoms with Gasteiger partial charge in [-0.25, -0.2) is 0 Å². The molecule has 0 aromatic heterocycles. The van der Waals surface area contributed by atoms with E-state index in [1.54, 1.807) is 0 Å². The topological polar surface area (TPSA) is 24.8 Å². The molecule has 6 heteroatoms. The first kappa shape index (κ1) is 18.6. The Kier molecular flexibility index (Phi) is 7.82. The predicted molar refractivity (Wildman–Crippen MR) is 93.1 cm³/mol. The van der Waals surface area contributed by atoms with E-state index in [9.17, 15) is 0 Å². The number of alkyl halides is 1. The summed E-state index contributed by atoms with van der Waals surface area (Å²) < 4.78 is 0. The minimum atomic E-state index is 0. The lowest BCUT2D eigenvalue weighted by Crippen LogP contribution is -2.36. The Labute approximate surface area is 143 Å². The molecule has 3 nitrogen and oxygen atoms in total. The summed E-state index contributed by atoms with van der Waals surface area (Å²) in [5.41, 5.74) is 3.27. The van der Waals surface area contributed by atoms with E-state index in [4.69, 9.17) is 16.4 Å². The lowest BCUT2D eigenvalue weighted by Gasteiger charge is -2.28. The van der Waals surface area contributed by atoms with Gasteiger partial charge in [-0.2, -0.15) is 0 Å². The number of rotatable bonds is 5. The lowest BCUT2D eigenvalue weighted by atomic mass is 9.86. The fourth-order valence-electron chi connectivity index (χ4n) is 2.67. The zero-order valence-electron chi connectivity index (χ0n) is 11.8. The highest BCUT2D eigenvalue weighted by atomic mass is 35.5. The predicted octanol–water partition coefficient (Wildman–Crippen LogP) is 3.73. The standard InChI is InChI=1S/C15H19ClN2O.2ClH/c16-14(10-18-7-2-1-3-8-18)11-19-17-15-12-5-4-6-13(15)9-12;;/h4-6,9,14H,1-3,7-8,10-11H2;2*1H. The van der Waals surface area contributed by atoms with Crippen molar-refractivity contribution < 1.29 is 4.84 Å². The summed E-state index contributed by atoms with van der Waals surface area (Å²) in [6.07, 6.45) is 12.2. The Morgan fingerprint density at radius 1 is 1.19 bits per heavy atom. The van der Waals surface area contributed by atoms with Gasteiger partial charge in [-0.3, -0.25) is 0 Å². The number of halogens is 3. The molecule has 0 aromatic rings. The average Bonchev–Trinajstić information content (AvgIpc) is 2.45. The summed E-state index contributed by atoms with van der Waals surface area (Å²) in [4.78, 5) is 7.81. The first-order valence-corrected chi connectivity index (χ1v) is 7.44. The highest BCUT2D eigenvalue weighted by Crippen LogP contribution is 2.27. The first-order valence-electron chi connectivity index (χ1n) is 7.00. The van der Waals surface area contributed by atoms with Crippen LogP contribution in [0.5, 0.6) is 0 Å². The molecule has 0 saturated carbocycles. The molecule has 0 aromatic carbocycles. The normalized spacial score (nSPS) is 23.2. The number of hydrogen-bond acceptors (Lipinski definition) is 3. The monoisotopic (exact) mass is 350 g/mol. The first-order chi connectivity index (χ1) is 9.33. The SMILES string of the molecule is Cl.Cl.ClC(CON=C1c2cccc1c2)CN1CCCCC1. The summed E-state index contributed by atoms with van der Waals surface area (Å²) in [5, 5.41) is 4.19. The van der Waals surface area contributed by atoms with Crippen molar-refractivity contribution in [1.82, 2.24) is 4.90 Å². The van der Waals surface area contributed by atoms with Gasteiger partial charge in [0.2, 0.25) is 0 Å². The minimum Gasteiger partial charge on any atom is -0.394 e. The molecule has 1 aliphatic heterocycles. The number of nitrogens with zero attached hydrogens (tertiary/aromatic N) is 2. The van der Waals surface area contributed by atoms with Gasteiger partial charge in [0, 0.05) is 17.7 Å². The zero-order valence-corrected chi connectivity index (χ0v) is 14.2. The minimum absolute atomic E-state index is 0. The van der Waals surface area contributed by atoms with Crippen LogP contribution in [0.1, 0.15) is 19.3 Å². The van der Waals surface area contributed by atoms with E-state index in [0.29, 0.717) is 6.61 Å². The maximum absolute atomic E-state index is 6.30. The van der Waals surface area contributed by atoms with E-state index in [0.717, 1.165) is 23.4 Å². The van der Waals surface area contributed by atoms with Gasteiger partial charge in [0.05, 0.1) is 5.38 Å². The van der Waals surface area contributed by atoms with Crippen LogP contribution in [0.25, 0.3) is 0 Å². The van der Waals surface area contributed by atoms with Crippen LogP contribution in [0.4, 0.5) is 0 Å². The van der Waals surface area contributed by atoms with Crippen molar-refractivity contribution in [1.29, 1.82) is 0 Å². The van der Waals surface area contributed by atoms with Gasteiger partial charge in [0.15, 0.2) is 0 Å². The van der Waals surface area contributed by atoms with E-state index < -0.39 is 0 Å². The quantitative estimate of drug-likeness (QED) is 0.557. The number of piperidine rings is 1. The maximum atomic E-state index is 6.30. The molecular weight excluding hydrogens is 331 g/mol. The van der Waals surface area contributed by atoms with E-state index in [1.165, 1.54) is 32.4 Å². The van der Waals surface area contributed by atoms with Crippen LogP contribution in [0.2, 0.25) is 0 Å². The van der Waals surface area contributed by atoms with E-state index >= 15 is 0 Å². The molecule has 0 spiro atoms. The van der Waals surface area contributed by atoms with Crippen LogP contribution in [-0.2, 0) is 4.84 Å². The molecule has 0 radical (unpaired) electrons. The molecule has 0 N–H and O–H groups in total. The molecule has 2 bridgehead atoms. The van der Waals surface area contributed by atoms with E-state index in [2.05, 4.69) is 16.1 Å². The van der Waals surface area contributed by atoms with Gasteiger partial charge in [0.1, 0.15) is 12.3 Å². The van der Waals surface area contributed by atoms with Crippen LogP contribution in [0, 0.1) is 0 Å². The summed E-state index contributed by atoms with van der Waals surface area (Å²) in [5.74, 6) is 0. The largest absolute Gasteiger partial charge is 0.394 e. The second kappa shape index (κ2) is 8.84. The van der Waals surface area contributed by atoms with Crippen molar-refractivity contribution in [3.63, 3.8) is 0 Å². The number of fused-ring (bicyclic) bond motifs is 2. The Bertz CT molecular complexity index is 452. The molecule has 3 aliphatic rings. The summed E-state index contributed by atoms with van der Waals surface area (Å²) in [6, 6.07) is 0. The van der Waals surface area contributed by atoms with E-state index in [-0.39, 0.29) is 30.2 Å². The third-order valence-electron chi connectivity index (χ3n) is 3.73. The second-order valence-electron chi connectivity index (χ2n) is 5.28. The number of hydrogen-bond donors (Lipinski definition) is 0. The van der Waals surface area contributed by atoms with Crippen molar-refractivity contribution in [3.8, 4) is 0 Å². The lowest BCUT2D eigenvalue weighted by molar-refractivity contribution is 0.127. The van der Waals surface area contributed by atoms with Gasteiger partial charge in [-0.1, -0.05) is 29.8 Å². The molecule has 0 amide bonds. The van der Waals surface area contributed by atoms with Crippen LogP contribution < -0.4 is 0 Å². The van der Waals surface area contributed by atoms with Gasteiger partial charge < -0.3 is 9.74 Å². The van der Waals surface area contributed by atoms with Gasteiger partial charge in [-0.05, 0) is 32.0 Å². The van der Waals surface area contributed by atoms with Crippen molar-refractivity contribution in [2.75, 3.05) is 26.2 Å². The molecule has 1 saturated heterocycles. The smallest absolute Gasteiger partial charge is 0.134 e. The molecule has 21 heavy (non-hydrogen) atoms. The molecule has 3 rings (SSSR count). The molecule has 2 aliphatic carbocycles. The average molecular weight is 352 g/mol. The van der Waals surface area contributed by atoms with E-state index in [1.807, 2.05) is 18.2 Å².